The highest BCUT2D eigenvalue weighted by Crippen LogP contribution is 2.36. The Morgan fingerprint density at radius 1 is 1.13 bits per heavy atom. The summed E-state index contributed by atoms with van der Waals surface area (Å²) in [6.07, 6.45) is 1.41. The summed E-state index contributed by atoms with van der Waals surface area (Å²) >= 11 is 0. The maximum atomic E-state index is 11.6. The average molecular weight is 546 g/mol. The third-order valence-corrected chi connectivity index (χ3v) is 7.08. The van der Waals surface area contributed by atoms with Crippen LogP contribution in [-0.2, 0) is 39.8 Å². The number of aliphatic hydroxyl groups excluding tert-OH is 1. The van der Waals surface area contributed by atoms with Crippen LogP contribution in [0.2, 0.25) is 0 Å². The molecule has 2 fully saturated rings. The lowest BCUT2D eigenvalue weighted by Crippen LogP contribution is -2.60. The van der Waals surface area contributed by atoms with Gasteiger partial charge in [-0.25, -0.2) is 0 Å². The number of azide groups is 1. The van der Waals surface area contributed by atoms with Gasteiger partial charge in [0.2, 0.25) is 0 Å². The van der Waals surface area contributed by atoms with Crippen molar-refractivity contribution in [2.45, 2.75) is 96.3 Å². The van der Waals surface area contributed by atoms with Crippen molar-refractivity contribution in [3.63, 3.8) is 0 Å². The average Bonchev–Trinajstić information content (AvgIpc) is 2.92. The van der Waals surface area contributed by atoms with Crippen LogP contribution in [0.5, 0.6) is 0 Å². The van der Waals surface area contributed by atoms with Gasteiger partial charge in [-0.3, -0.25) is 4.79 Å². The standard InChI is InChI=1S/C28H39N3O8/c1-6-7-11-14-34-28-23(30-31-29)17(2)25(22(38-28)16-35-20(5)32)39-27-18(3)26(24(33)19(4)37-27)36-15-21-12-9-8-10-13-21/h1,8-10,12-13,17-19,22-28,33H,7,11,14-16H2,2-5H3/t17-,18?,19?,22?,23?,24-,25+,26+,27+,28?/m1/s1. The summed E-state index contributed by atoms with van der Waals surface area (Å²) in [6.45, 7) is 7.35. The number of terminal acetylenes is 1. The minimum absolute atomic E-state index is 0.0925. The largest absolute Gasteiger partial charge is 0.463 e. The van der Waals surface area contributed by atoms with E-state index in [2.05, 4.69) is 15.9 Å². The number of aliphatic hydroxyl groups is 1. The van der Waals surface area contributed by atoms with E-state index in [1.165, 1.54) is 6.92 Å². The molecule has 0 aromatic heterocycles. The Bertz CT molecular complexity index is 998. The van der Waals surface area contributed by atoms with Crippen molar-refractivity contribution in [2.75, 3.05) is 13.2 Å². The molecule has 0 saturated carbocycles. The summed E-state index contributed by atoms with van der Waals surface area (Å²) in [5.74, 6) is 1.33. The first kappa shape index (κ1) is 30.9. The van der Waals surface area contributed by atoms with E-state index in [9.17, 15) is 15.4 Å². The molecule has 214 valence electrons. The molecule has 10 atom stereocenters. The molecule has 0 spiro atoms. The Kier molecular flexibility index (Phi) is 12.0. The summed E-state index contributed by atoms with van der Waals surface area (Å²) in [5, 5.41) is 14.8. The predicted molar refractivity (Wildman–Crippen MR) is 141 cm³/mol. The van der Waals surface area contributed by atoms with Crippen LogP contribution in [0.25, 0.3) is 10.4 Å². The fourth-order valence-corrected chi connectivity index (χ4v) is 4.86. The Hall–Kier alpha value is -2.68. The molecule has 0 amide bonds. The van der Waals surface area contributed by atoms with Crippen molar-refractivity contribution in [3.8, 4) is 12.3 Å². The van der Waals surface area contributed by atoms with Crippen LogP contribution in [0.3, 0.4) is 0 Å². The third kappa shape index (κ3) is 8.40. The molecule has 0 aliphatic carbocycles. The fraction of sp³-hybridized carbons (Fsp3) is 0.679. The molecular formula is C28H39N3O8. The Morgan fingerprint density at radius 2 is 1.87 bits per heavy atom. The quantitative estimate of drug-likeness (QED) is 0.105. The highest BCUT2D eigenvalue weighted by Gasteiger charge is 2.49. The summed E-state index contributed by atoms with van der Waals surface area (Å²) in [5.41, 5.74) is 10.2. The predicted octanol–water partition coefficient (Wildman–Crippen LogP) is 3.73. The molecule has 39 heavy (non-hydrogen) atoms. The first-order chi connectivity index (χ1) is 18.8. The van der Waals surface area contributed by atoms with Gasteiger partial charge in [-0.05, 0) is 30.4 Å². The van der Waals surface area contributed by atoms with Crippen molar-refractivity contribution in [1.82, 2.24) is 0 Å². The molecule has 3 rings (SSSR count). The van der Waals surface area contributed by atoms with Gasteiger partial charge in [0.25, 0.3) is 0 Å². The molecule has 0 bridgehead atoms. The van der Waals surface area contributed by atoms with Crippen molar-refractivity contribution in [2.24, 2.45) is 17.0 Å². The zero-order valence-electron chi connectivity index (χ0n) is 22.9. The number of esters is 1. The lowest BCUT2D eigenvalue weighted by Gasteiger charge is -2.48. The molecule has 11 nitrogen and oxygen atoms in total. The van der Waals surface area contributed by atoms with Crippen molar-refractivity contribution in [1.29, 1.82) is 0 Å². The van der Waals surface area contributed by atoms with Gasteiger partial charge in [0, 0.05) is 24.2 Å². The summed E-state index contributed by atoms with van der Waals surface area (Å²) in [4.78, 5) is 14.6. The molecule has 2 saturated heterocycles. The molecule has 5 unspecified atom stereocenters. The van der Waals surface area contributed by atoms with Crippen LogP contribution in [0.1, 0.15) is 46.1 Å². The lowest BCUT2D eigenvalue weighted by atomic mass is 9.88. The summed E-state index contributed by atoms with van der Waals surface area (Å²) < 4.78 is 36.0. The number of unbranched alkanes of at least 4 members (excludes halogenated alkanes) is 1. The van der Waals surface area contributed by atoms with Crippen LogP contribution in [-0.4, -0.2) is 73.4 Å². The second-order valence-corrected chi connectivity index (χ2v) is 10.00. The SMILES string of the molecule is C#CCCCOC1OC(COC(C)=O)[C@@H](O[C@@H]2OC(C)[C@@H](O)[C@@H](OCc3ccccc3)C2C)[C@H](C)C1N=[N+]=[N-]. The van der Waals surface area contributed by atoms with Crippen molar-refractivity contribution in [3.05, 3.63) is 46.3 Å². The monoisotopic (exact) mass is 545 g/mol. The lowest BCUT2D eigenvalue weighted by molar-refractivity contribution is -0.330. The maximum Gasteiger partial charge on any atom is 0.302 e. The Morgan fingerprint density at radius 3 is 2.54 bits per heavy atom. The molecule has 11 heteroatoms. The Labute approximate surface area is 229 Å². The second kappa shape index (κ2) is 15.2. The number of rotatable bonds is 12. The summed E-state index contributed by atoms with van der Waals surface area (Å²) in [6, 6.07) is 8.97. The molecular weight excluding hydrogens is 506 g/mol. The minimum atomic E-state index is -0.874. The Balaban J connectivity index is 1.78. The van der Waals surface area contributed by atoms with E-state index in [1.54, 1.807) is 6.92 Å². The molecule has 2 heterocycles. The van der Waals surface area contributed by atoms with Crippen LogP contribution in [0, 0.1) is 24.2 Å². The van der Waals surface area contributed by atoms with Gasteiger partial charge in [0.05, 0.1) is 37.6 Å². The van der Waals surface area contributed by atoms with E-state index in [0.717, 1.165) is 5.56 Å². The van der Waals surface area contributed by atoms with Crippen LogP contribution >= 0.6 is 0 Å². The highest BCUT2D eigenvalue weighted by atomic mass is 16.7. The van der Waals surface area contributed by atoms with Crippen molar-refractivity contribution < 1.29 is 38.3 Å². The zero-order valence-corrected chi connectivity index (χ0v) is 22.9. The van der Waals surface area contributed by atoms with Gasteiger partial charge >= 0.3 is 5.97 Å². The summed E-state index contributed by atoms with van der Waals surface area (Å²) in [7, 11) is 0. The molecule has 1 N–H and O–H groups in total. The van der Waals surface area contributed by atoms with E-state index in [-0.39, 0.29) is 12.5 Å². The third-order valence-electron chi connectivity index (χ3n) is 7.08. The molecule has 1 aromatic carbocycles. The van der Waals surface area contributed by atoms with Gasteiger partial charge in [0.15, 0.2) is 12.6 Å². The normalized spacial score (nSPS) is 34.5. The number of ether oxygens (including phenoxy) is 6. The van der Waals surface area contributed by atoms with Crippen molar-refractivity contribution >= 4 is 5.97 Å². The first-order valence-corrected chi connectivity index (χ1v) is 13.3. The van der Waals surface area contributed by atoms with E-state index in [1.807, 2.05) is 44.2 Å². The number of nitrogens with zero attached hydrogens (tertiary/aromatic N) is 3. The molecule has 1 aromatic rings. The maximum absolute atomic E-state index is 11.6. The van der Waals surface area contributed by atoms with Crippen LogP contribution < -0.4 is 0 Å². The number of hydrogen-bond acceptors (Lipinski definition) is 9. The van der Waals surface area contributed by atoms with E-state index >= 15 is 0 Å². The topological polar surface area (TPSA) is 141 Å². The zero-order chi connectivity index (χ0) is 28.4. The van der Waals surface area contributed by atoms with Crippen LogP contribution in [0.15, 0.2) is 35.4 Å². The molecule has 0 radical (unpaired) electrons. The number of carbonyl (C=O) groups is 1. The molecule has 2 aliphatic heterocycles. The van der Waals surface area contributed by atoms with Gasteiger partial charge < -0.3 is 33.5 Å². The smallest absolute Gasteiger partial charge is 0.302 e. The van der Waals surface area contributed by atoms with Gasteiger partial charge in [-0.1, -0.05) is 49.3 Å². The second-order valence-electron chi connectivity index (χ2n) is 10.00. The minimum Gasteiger partial charge on any atom is -0.463 e. The molecule has 2 aliphatic rings. The first-order valence-electron chi connectivity index (χ1n) is 13.3. The van der Waals surface area contributed by atoms with Gasteiger partial charge in [-0.15, -0.1) is 12.3 Å². The van der Waals surface area contributed by atoms with E-state index in [4.69, 9.17) is 34.8 Å². The van der Waals surface area contributed by atoms with E-state index in [0.29, 0.717) is 26.1 Å². The fourth-order valence-electron chi connectivity index (χ4n) is 4.86. The van der Waals surface area contributed by atoms with Gasteiger partial charge in [0.1, 0.15) is 18.8 Å². The number of benzene rings is 1. The number of carbonyl (C=O) groups excluding carboxylic acids is 1. The van der Waals surface area contributed by atoms with Gasteiger partial charge in [-0.2, -0.15) is 0 Å². The number of hydrogen-bond donors (Lipinski definition) is 1. The highest BCUT2D eigenvalue weighted by molar-refractivity contribution is 5.65. The van der Waals surface area contributed by atoms with E-state index < -0.39 is 61.0 Å². The van der Waals surface area contributed by atoms with Crippen LogP contribution in [0.4, 0.5) is 0 Å².